The summed E-state index contributed by atoms with van der Waals surface area (Å²) >= 11 is 1.06. The molecule has 0 aliphatic heterocycles. The molecule has 0 amide bonds. The Morgan fingerprint density at radius 2 is 1.84 bits per heavy atom. The number of nitrogens with zero attached hydrogens (tertiary/aromatic N) is 2. The third-order valence-corrected chi connectivity index (χ3v) is 3.56. The fourth-order valence-corrected chi connectivity index (χ4v) is 2.25. The molecule has 0 radical (unpaired) electrons. The maximum absolute atomic E-state index is 10.4. The van der Waals surface area contributed by atoms with Crippen molar-refractivity contribution in [2.24, 2.45) is 0 Å². The van der Waals surface area contributed by atoms with Gasteiger partial charge in [-0.05, 0) is 6.42 Å². The molecule has 0 saturated carbocycles. The quantitative estimate of drug-likeness (QED) is 0.495. The molecule has 0 saturated heterocycles. The Balaban J connectivity index is 2.07. The molecule has 0 bridgehead atoms. The van der Waals surface area contributed by atoms with Gasteiger partial charge in [-0.2, -0.15) is 0 Å². The molecular weight excluding hydrogens is 264 g/mol. The predicted octanol–water partition coefficient (Wildman–Crippen LogP) is 3.54. The van der Waals surface area contributed by atoms with Crippen molar-refractivity contribution in [3.8, 4) is 0 Å². The van der Waals surface area contributed by atoms with Crippen molar-refractivity contribution in [3.63, 3.8) is 0 Å². The standard InChI is InChI=1S/C13H22N2O3S/c1-2-3-4-5-6-7-8-9-11-14-15-13(18-11)19-10-12(16)17/h2-10H2,1H3,(H,16,17). The number of hydrogen-bond acceptors (Lipinski definition) is 5. The summed E-state index contributed by atoms with van der Waals surface area (Å²) in [7, 11) is 0. The number of carboxylic acid groups (broad SMARTS) is 1. The minimum atomic E-state index is -0.878. The van der Waals surface area contributed by atoms with Crippen LogP contribution in [0.4, 0.5) is 0 Å². The molecule has 1 aromatic rings. The van der Waals surface area contributed by atoms with E-state index in [9.17, 15) is 4.79 Å². The van der Waals surface area contributed by atoms with E-state index in [1.807, 2.05) is 0 Å². The molecule has 108 valence electrons. The number of hydrogen-bond donors (Lipinski definition) is 1. The molecule has 0 fully saturated rings. The van der Waals surface area contributed by atoms with E-state index in [4.69, 9.17) is 9.52 Å². The summed E-state index contributed by atoms with van der Waals surface area (Å²) in [5.41, 5.74) is 0. The van der Waals surface area contributed by atoms with Crippen molar-refractivity contribution in [2.75, 3.05) is 5.75 Å². The Morgan fingerprint density at radius 1 is 1.16 bits per heavy atom. The molecule has 1 heterocycles. The monoisotopic (exact) mass is 286 g/mol. The topological polar surface area (TPSA) is 76.2 Å². The van der Waals surface area contributed by atoms with Gasteiger partial charge in [0.15, 0.2) is 0 Å². The molecule has 0 atom stereocenters. The first-order valence-corrected chi connectivity index (χ1v) is 7.88. The van der Waals surface area contributed by atoms with Crippen LogP contribution in [0.3, 0.4) is 0 Å². The number of rotatable bonds is 11. The van der Waals surface area contributed by atoms with E-state index in [-0.39, 0.29) is 5.75 Å². The van der Waals surface area contributed by atoms with E-state index in [1.54, 1.807) is 0 Å². The lowest BCUT2D eigenvalue weighted by Gasteiger charge is -1.98. The van der Waals surface area contributed by atoms with E-state index < -0.39 is 5.97 Å². The van der Waals surface area contributed by atoms with Crippen LogP contribution in [0.1, 0.15) is 57.8 Å². The van der Waals surface area contributed by atoms with Crippen molar-refractivity contribution < 1.29 is 14.3 Å². The van der Waals surface area contributed by atoms with Gasteiger partial charge in [-0.15, -0.1) is 10.2 Å². The number of aryl methyl sites for hydroxylation is 1. The Labute approximate surface area is 118 Å². The molecule has 5 nitrogen and oxygen atoms in total. The van der Waals surface area contributed by atoms with Gasteiger partial charge < -0.3 is 9.52 Å². The van der Waals surface area contributed by atoms with Gasteiger partial charge >= 0.3 is 5.97 Å². The van der Waals surface area contributed by atoms with Gasteiger partial charge in [-0.1, -0.05) is 57.2 Å². The SMILES string of the molecule is CCCCCCCCCc1nnc(SCC(=O)O)o1. The minimum Gasteiger partial charge on any atom is -0.481 e. The average molecular weight is 286 g/mol. The van der Waals surface area contributed by atoms with Crippen molar-refractivity contribution in [3.05, 3.63) is 5.89 Å². The Hall–Kier alpha value is -1.04. The summed E-state index contributed by atoms with van der Waals surface area (Å²) in [6.07, 6.45) is 9.52. The number of carbonyl (C=O) groups is 1. The molecule has 1 N–H and O–H groups in total. The first-order valence-electron chi connectivity index (χ1n) is 6.89. The number of aromatic nitrogens is 2. The molecule has 1 rings (SSSR count). The van der Waals surface area contributed by atoms with Crippen molar-refractivity contribution >= 4 is 17.7 Å². The van der Waals surface area contributed by atoms with E-state index in [0.29, 0.717) is 11.1 Å². The zero-order valence-corrected chi connectivity index (χ0v) is 12.2. The van der Waals surface area contributed by atoms with Gasteiger partial charge in [0.1, 0.15) is 5.75 Å². The third-order valence-electron chi connectivity index (χ3n) is 2.76. The lowest BCUT2D eigenvalue weighted by Crippen LogP contribution is -1.97. The largest absolute Gasteiger partial charge is 0.481 e. The summed E-state index contributed by atoms with van der Waals surface area (Å²) in [5.74, 6) is -0.308. The summed E-state index contributed by atoms with van der Waals surface area (Å²) in [6, 6.07) is 0. The van der Waals surface area contributed by atoms with Crippen LogP contribution in [0.2, 0.25) is 0 Å². The van der Waals surface area contributed by atoms with Gasteiger partial charge in [0.05, 0.1) is 0 Å². The number of carboxylic acids is 1. The highest BCUT2D eigenvalue weighted by molar-refractivity contribution is 7.99. The minimum absolute atomic E-state index is 0.0426. The van der Waals surface area contributed by atoms with E-state index in [2.05, 4.69) is 17.1 Å². The van der Waals surface area contributed by atoms with Gasteiger partial charge in [0.2, 0.25) is 5.89 Å². The lowest BCUT2D eigenvalue weighted by molar-refractivity contribution is -0.133. The van der Waals surface area contributed by atoms with Crippen LogP contribution in [-0.4, -0.2) is 27.0 Å². The summed E-state index contributed by atoms with van der Waals surface area (Å²) in [4.78, 5) is 10.4. The van der Waals surface area contributed by atoms with Crippen molar-refractivity contribution in [1.29, 1.82) is 0 Å². The number of thioether (sulfide) groups is 1. The van der Waals surface area contributed by atoms with Crippen molar-refractivity contribution in [1.82, 2.24) is 10.2 Å². The first-order chi connectivity index (χ1) is 9.22. The smallest absolute Gasteiger partial charge is 0.314 e. The fraction of sp³-hybridized carbons (Fsp3) is 0.769. The second-order valence-electron chi connectivity index (χ2n) is 4.52. The molecule has 19 heavy (non-hydrogen) atoms. The summed E-state index contributed by atoms with van der Waals surface area (Å²) in [6.45, 7) is 2.22. The molecular formula is C13H22N2O3S. The number of aliphatic carboxylic acids is 1. The van der Waals surface area contributed by atoms with E-state index in [1.165, 1.54) is 38.5 Å². The Bertz CT molecular complexity index is 369. The highest BCUT2D eigenvalue weighted by atomic mass is 32.2. The molecule has 6 heteroatoms. The average Bonchev–Trinajstić information content (AvgIpc) is 2.83. The second kappa shape index (κ2) is 9.83. The van der Waals surface area contributed by atoms with Crippen LogP contribution >= 0.6 is 11.8 Å². The van der Waals surface area contributed by atoms with Crippen LogP contribution in [0.25, 0.3) is 0 Å². The summed E-state index contributed by atoms with van der Waals surface area (Å²) < 4.78 is 5.36. The molecule has 0 aromatic carbocycles. The van der Waals surface area contributed by atoms with E-state index >= 15 is 0 Å². The number of unbranched alkanes of at least 4 members (excludes halogenated alkanes) is 6. The first kappa shape index (κ1) is 16.0. The van der Waals surface area contributed by atoms with E-state index in [0.717, 1.165) is 24.6 Å². The van der Waals surface area contributed by atoms with Gasteiger partial charge in [-0.25, -0.2) is 0 Å². The van der Waals surface area contributed by atoms with Crippen LogP contribution < -0.4 is 0 Å². The van der Waals surface area contributed by atoms with Crippen LogP contribution in [0.15, 0.2) is 9.64 Å². The zero-order valence-electron chi connectivity index (χ0n) is 11.4. The van der Waals surface area contributed by atoms with Gasteiger partial charge in [-0.3, -0.25) is 4.79 Å². The highest BCUT2D eigenvalue weighted by Gasteiger charge is 2.08. The maximum atomic E-state index is 10.4. The van der Waals surface area contributed by atoms with Crippen LogP contribution in [0, 0.1) is 0 Å². The van der Waals surface area contributed by atoms with Crippen LogP contribution in [0.5, 0.6) is 0 Å². The maximum Gasteiger partial charge on any atom is 0.314 e. The van der Waals surface area contributed by atoms with Gasteiger partial charge in [0, 0.05) is 6.42 Å². The lowest BCUT2D eigenvalue weighted by atomic mass is 10.1. The Morgan fingerprint density at radius 3 is 2.53 bits per heavy atom. The second-order valence-corrected chi connectivity index (χ2v) is 5.44. The normalized spacial score (nSPS) is 10.8. The highest BCUT2D eigenvalue weighted by Crippen LogP contribution is 2.17. The molecule has 0 unspecified atom stereocenters. The molecule has 0 spiro atoms. The van der Waals surface area contributed by atoms with Crippen LogP contribution in [-0.2, 0) is 11.2 Å². The Kier molecular flexibility index (Phi) is 8.29. The summed E-state index contributed by atoms with van der Waals surface area (Å²) in [5, 5.41) is 16.6. The third kappa shape index (κ3) is 7.87. The molecule has 0 aliphatic rings. The fourth-order valence-electron chi connectivity index (χ4n) is 1.75. The molecule has 1 aromatic heterocycles. The predicted molar refractivity (Wildman–Crippen MR) is 74.4 cm³/mol. The molecule has 0 aliphatic carbocycles. The van der Waals surface area contributed by atoms with Crippen molar-refractivity contribution in [2.45, 2.75) is 63.5 Å². The zero-order chi connectivity index (χ0) is 13.9. The van der Waals surface area contributed by atoms with Gasteiger partial charge in [0.25, 0.3) is 5.22 Å².